The number of nitrogens with one attached hydrogen (secondary N) is 2. The first kappa shape index (κ1) is 23.7. The molecule has 0 saturated heterocycles. The summed E-state index contributed by atoms with van der Waals surface area (Å²) in [6.07, 6.45) is 2.01. The van der Waals surface area contributed by atoms with Crippen molar-refractivity contribution in [2.45, 2.75) is 45.0 Å². The van der Waals surface area contributed by atoms with Crippen molar-refractivity contribution < 1.29 is 14.3 Å². The number of rotatable bonds is 10. The van der Waals surface area contributed by atoms with Gasteiger partial charge in [0, 0.05) is 18.1 Å². The molecule has 0 spiro atoms. The molecule has 1 atom stereocenters. The van der Waals surface area contributed by atoms with Gasteiger partial charge in [-0.05, 0) is 38.0 Å². The lowest BCUT2D eigenvalue weighted by Crippen LogP contribution is -2.36. The Morgan fingerprint density at radius 2 is 2.00 bits per heavy atom. The molecule has 0 aliphatic rings. The highest BCUT2D eigenvalue weighted by molar-refractivity contribution is 7.99. The predicted octanol–water partition coefficient (Wildman–Crippen LogP) is 2.96. The van der Waals surface area contributed by atoms with E-state index < -0.39 is 6.10 Å². The quantitative estimate of drug-likeness (QED) is 0.435. The first-order valence-corrected chi connectivity index (χ1v) is 11.9. The zero-order valence-electron chi connectivity index (χ0n) is 18.4. The molecule has 32 heavy (non-hydrogen) atoms. The number of nitrogens with zero attached hydrogens (tertiary/aromatic N) is 4. The SMILES string of the molecule is CCc1ccc(O[C@@H](C)C(=O)NCc2nnc(SCC(=O)Nc3ncc(C)s3)n2C)cc1. The van der Waals surface area contributed by atoms with Crippen LogP contribution in [0.1, 0.15) is 30.1 Å². The van der Waals surface area contributed by atoms with Crippen molar-refractivity contribution in [2.75, 3.05) is 11.1 Å². The van der Waals surface area contributed by atoms with Gasteiger partial charge in [-0.25, -0.2) is 4.98 Å². The highest BCUT2D eigenvalue weighted by Gasteiger charge is 2.17. The average molecular weight is 475 g/mol. The van der Waals surface area contributed by atoms with Crippen LogP contribution in [0.3, 0.4) is 0 Å². The molecule has 2 heterocycles. The van der Waals surface area contributed by atoms with E-state index in [1.807, 2.05) is 31.2 Å². The molecular weight excluding hydrogens is 448 g/mol. The molecule has 9 nitrogen and oxygen atoms in total. The summed E-state index contributed by atoms with van der Waals surface area (Å²) in [7, 11) is 1.79. The Hall–Kier alpha value is -2.92. The molecule has 3 aromatic rings. The molecular formula is C21H26N6O3S2. The molecule has 2 N–H and O–H groups in total. The summed E-state index contributed by atoms with van der Waals surface area (Å²) >= 11 is 2.69. The fourth-order valence-electron chi connectivity index (χ4n) is 2.69. The number of thioether (sulfide) groups is 1. The molecule has 2 aromatic heterocycles. The zero-order valence-corrected chi connectivity index (χ0v) is 20.0. The molecule has 0 fully saturated rings. The van der Waals surface area contributed by atoms with Gasteiger partial charge in [-0.1, -0.05) is 30.8 Å². The number of hydrogen-bond acceptors (Lipinski definition) is 8. The van der Waals surface area contributed by atoms with Crippen LogP contribution in [0.5, 0.6) is 5.75 Å². The van der Waals surface area contributed by atoms with E-state index in [1.54, 1.807) is 24.7 Å². The van der Waals surface area contributed by atoms with E-state index in [1.165, 1.54) is 28.7 Å². The summed E-state index contributed by atoms with van der Waals surface area (Å²) in [6.45, 7) is 5.92. The van der Waals surface area contributed by atoms with Crippen molar-refractivity contribution in [2.24, 2.45) is 7.05 Å². The van der Waals surface area contributed by atoms with Crippen LogP contribution in [0, 0.1) is 6.92 Å². The second-order valence-electron chi connectivity index (χ2n) is 7.05. The Morgan fingerprint density at radius 3 is 2.66 bits per heavy atom. The Bertz CT molecular complexity index is 1060. The van der Waals surface area contributed by atoms with Crippen LogP contribution in [0.2, 0.25) is 0 Å². The van der Waals surface area contributed by atoms with Gasteiger partial charge in [0.05, 0.1) is 12.3 Å². The molecule has 3 rings (SSSR count). The highest BCUT2D eigenvalue weighted by Crippen LogP contribution is 2.19. The topological polar surface area (TPSA) is 111 Å². The number of anilines is 1. The third-order valence-corrected chi connectivity index (χ3v) is 6.41. The van der Waals surface area contributed by atoms with E-state index in [4.69, 9.17) is 4.74 Å². The Balaban J connectivity index is 1.45. The molecule has 0 aliphatic heterocycles. The maximum atomic E-state index is 12.4. The molecule has 0 unspecified atom stereocenters. The van der Waals surface area contributed by atoms with Crippen molar-refractivity contribution in [1.82, 2.24) is 25.1 Å². The number of carbonyl (C=O) groups excluding carboxylic acids is 2. The normalized spacial score (nSPS) is 11.8. The van der Waals surface area contributed by atoms with Crippen molar-refractivity contribution >= 4 is 40.0 Å². The van der Waals surface area contributed by atoms with Crippen molar-refractivity contribution in [1.29, 1.82) is 0 Å². The van der Waals surface area contributed by atoms with Gasteiger partial charge in [0.1, 0.15) is 5.75 Å². The minimum absolute atomic E-state index is 0.167. The molecule has 1 aromatic carbocycles. The first-order valence-electron chi connectivity index (χ1n) is 10.1. The fourth-order valence-corrected chi connectivity index (χ4v) is 4.10. The van der Waals surface area contributed by atoms with Gasteiger partial charge in [0.2, 0.25) is 5.91 Å². The van der Waals surface area contributed by atoms with Crippen LogP contribution in [0.25, 0.3) is 0 Å². The Morgan fingerprint density at radius 1 is 1.25 bits per heavy atom. The molecule has 0 saturated carbocycles. The van der Waals surface area contributed by atoms with E-state index in [-0.39, 0.29) is 24.1 Å². The van der Waals surface area contributed by atoms with Crippen LogP contribution in [0.4, 0.5) is 5.13 Å². The summed E-state index contributed by atoms with van der Waals surface area (Å²) in [4.78, 5) is 29.6. The van der Waals surface area contributed by atoms with Crippen LogP contribution in [-0.4, -0.2) is 43.4 Å². The maximum Gasteiger partial charge on any atom is 0.261 e. The second kappa shape index (κ2) is 11.1. The Labute approximate surface area is 195 Å². The monoisotopic (exact) mass is 474 g/mol. The number of aromatic nitrogens is 4. The lowest BCUT2D eigenvalue weighted by molar-refractivity contribution is -0.127. The number of amides is 2. The third-order valence-electron chi connectivity index (χ3n) is 4.56. The summed E-state index contributed by atoms with van der Waals surface area (Å²) in [5.41, 5.74) is 1.21. The van der Waals surface area contributed by atoms with Crippen molar-refractivity contribution in [3.63, 3.8) is 0 Å². The van der Waals surface area contributed by atoms with E-state index in [0.717, 1.165) is 11.3 Å². The van der Waals surface area contributed by atoms with Crippen LogP contribution in [0.15, 0.2) is 35.6 Å². The minimum Gasteiger partial charge on any atom is -0.481 e. The van der Waals surface area contributed by atoms with Gasteiger partial charge >= 0.3 is 0 Å². The standard InChI is InChI=1S/C21H26N6O3S2/c1-5-15-6-8-16(9-7-15)30-14(3)19(29)22-11-17-25-26-21(27(17)4)31-12-18(28)24-20-23-10-13(2)32-20/h6-10,14H,5,11-12H2,1-4H3,(H,22,29)(H,23,24,28)/t14-/m0/s1. The molecule has 0 radical (unpaired) electrons. The van der Waals surface area contributed by atoms with Crippen molar-refractivity contribution in [3.8, 4) is 5.75 Å². The van der Waals surface area contributed by atoms with E-state index in [2.05, 4.69) is 32.7 Å². The zero-order chi connectivity index (χ0) is 23.1. The summed E-state index contributed by atoms with van der Waals surface area (Å²) < 4.78 is 7.46. The predicted molar refractivity (Wildman–Crippen MR) is 125 cm³/mol. The van der Waals surface area contributed by atoms with Gasteiger partial charge in [0.25, 0.3) is 5.91 Å². The number of carbonyl (C=O) groups is 2. The lowest BCUT2D eigenvalue weighted by atomic mass is 10.2. The number of benzene rings is 1. The highest BCUT2D eigenvalue weighted by atomic mass is 32.2. The van der Waals surface area contributed by atoms with Gasteiger partial charge in [0.15, 0.2) is 22.2 Å². The number of thiazole rings is 1. The van der Waals surface area contributed by atoms with E-state index in [0.29, 0.717) is 21.9 Å². The summed E-state index contributed by atoms with van der Waals surface area (Å²) in [5, 5.41) is 14.9. The van der Waals surface area contributed by atoms with Gasteiger partial charge in [-0.15, -0.1) is 21.5 Å². The van der Waals surface area contributed by atoms with Gasteiger partial charge < -0.3 is 19.9 Å². The molecule has 2 amide bonds. The van der Waals surface area contributed by atoms with E-state index in [9.17, 15) is 9.59 Å². The van der Waals surface area contributed by atoms with Gasteiger partial charge in [-0.2, -0.15) is 0 Å². The largest absolute Gasteiger partial charge is 0.481 e. The fraction of sp³-hybridized carbons (Fsp3) is 0.381. The maximum absolute atomic E-state index is 12.4. The molecule has 0 aliphatic carbocycles. The number of hydrogen-bond donors (Lipinski definition) is 2. The second-order valence-corrected chi connectivity index (χ2v) is 9.22. The van der Waals surface area contributed by atoms with Gasteiger partial charge in [-0.3, -0.25) is 9.59 Å². The molecule has 0 bridgehead atoms. The minimum atomic E-state index is -0.650. The van der Waals surface area contributed by atoms with Crippen LogP contribution in [-0.2, 0) is 29.6 Å². The lowest BCUT2D eigenvalue weighted by Gasteiger charge is -2.15. The number of aryl methyl sites for hydroxylation is 2. The molecule has 170 valence electrons. The summed E-state index contributed by atoms with van der Waals surface area (Å²) in [6, 6.07) is 7.69. The number of ether oxygens (including phenoxy) is 1. The van der Waals surface area contributed by atoms with Crippen LogP contribution >= 0.6 is 23.1 Å². The Kier molecular flexibility index (Phi) is 8.23. The smallest absolute Gasteiger partial charge is 0.261 e. The van der Waals surface area contributed by atoms with Crippen molar-refractivity contribution in [3.05, 3.63) is 46.7 Å². The van der Waals surface area contributed by atoms with E-state index >= 15 is 0 Å². The third kappa shape index (κ3) is 6.54. The molecule has 11 heteroatoms. The summed E-state index contributed by atoms with van der Waals surface area (Å²) in [5.74, 6) is 0.989. The first-order chi connectivity index (χ1) is 15.4. The average Bonchev–Trinajstić information content (AvgIpc) is 3.35. The van der Waals surface area contributed by atoms with Crippen LogP contribution < -0.4 is 15.4 Å².